The van der Waals surface area contributed by atoms with Crippen LogP contribution >= 0.6 is 23.2 Å². The number of carboxylic acids is 2. The molecule has 0 aliphatic carbocycles. The van der Waals surface area contributed by atoms with Crippen molar-refractivity contribution in [2.24, 2.45) is 29.0 Å². The van der Waals surface area contributed by atoms with Gasteiger partial charge in [0, 0.05) is 54.1 Å². The first-order chi connectivity index (χ1) is 61.1. The van der Waals surface area contributed by atoms with E-state index in [4.69, 9.17) is 68.8 Å². The number of aromatic amines is 1. The molecule has 129 heavy (non-hydrogen) atoms. The third-order valence-corrected chi connectivity index (χ3v) is 23.1. The highest BCUT2D eigenvalue weighted by atomic mass is 35.5. The number of H-pyrrole nitrogens is 1. The lowest BCUT2D eigenvalue weighted by Gasteiger charge is -2.47. The van der Waals surface area contributed by atoms with Gasteiger partial charge in [-0.15, -0.1) is 0 Å². The fourth-order valence-corrected chi connectivity index (χ4v) is 15.7. The minimum Gasteiger partial charge on any atom is -0.508 e. The van der Waals surface area contributed by atoms with Crippen LogP contribution in [0.5, 0.6) is 46.0 Å². The van der Waals surface area contributed by atoms with Gasteiger partial charge in [-0.05, 0) is 141 Å². The first-order valence-electron chi connectivity index (χ1n) is 40.8. The molecule has 1 aromatic heterocycles. The summed E-state index contributed by atoms with van der Waals surface area (Å²) in [5.41, 5.74) is 13.8. The molecule has 44 nitrogen and oxygen atoms in total. The number of phenolic OH excluding ortho intramolecular Hbond substituents is 3. The number of carboxylic acid groups (broad SMARTS) is 2. The molecule has 21 atom stereocenters. The van der Waals surface area contributed by atoms with E-state index in [9.17, 15) is 84.9 Å². The number of primary amides is 1. The smallest absolute Gasteiger partial charge is 0.326 e. The number of nitrogens with zero attached hydrogens (tertiary/aromatic N) is 1. The van der Waals surface area contributed by atoms with Crippen LogP contribution < -0.4 is 84.6 Å². The number of aromatic nitrogens is 2. The summed E-state index contributed by atoms with van der Waals surface area (Å²) in [6.07, 6.45) is -18.1. The van der Waals surface area contributed by atoms with Gasteiger partial charge in [0.2, 0.25) is 71.1 Å². The van der Waals surface area contributed by atoms with Crippen LogP contribution in [0.2, 0.25) is 10.0 Å². The van der Waals surface area contributed by atoms with Crippen molar-refractivity contribution >= 4 is 94.2 Å². The zero-order chi connectivity index (χ0) is 94.1. The minimum atomic E-state index is -2.48. The molecule has 46 heteroatoms. The number of hydrogen-bond donors (Lipinski definition) is 25. The number of imidazole rings is 1. The summed E-state index contributed by atoms with van der Waals surface area (Å²) in [4.78, 5) is 182. The fourth-order valence-electron chi connectivity index (χ4n) is 15.2. The maximum absolute atomic E-state index is 16.4. The molecule has 0 spiro atoms. The number of nitrogens with one attached hydrogen (secondary N) is 11. The fraction of sp³-hybridized carbons (Fsp3) is 0.458. The Balaban J connectivity index is 1.11. The van der Waals surface area contributed by atoms with E-state index in [0.717, 1.165) is 72.8 Å². The molecule has 7 aliphatic heterocycles. The molecule has 8 heterocycles. The number of amides is 10. The Hall–Kier alpha value is -12.2. The summed E-state index contributed by atoms with van der Waals surface area (Å²) in [7, 11) is 1.45. The van der Waals surface area contributed by atoms with Gasteiger partial charge in [0.15, 0.2) is 30.2 Å². The first kappa shape index (κ1) is 97.5. The standard InChI is InChI=1S/C83H101Cl2N15O29/c1-32(2)18-46(89-5)72(113)99-63-65(108)35-10-14-51(42(84)20-35)124-53-22-37-23-54(69(53)129-82-70(68(111)67(110)55(30-101)126-82)127-58-28-83(4,88)33(3)81(123)128-58)125-52-15-11-36(21-43(52)85)66(109)64-79(120)98-62(77(118)92-44(8-6-7-17-86)71(112)94-47(24-38-29-90-31-91-38)73(114)93-45(80(121)122)12-16-57(106)107)41-25-39(102)26-50(104)59(41)40-19-34(9-13-49(40)103)60(75(116)100-64)97-76(117)61(37)96-74(115)48(27-56(87)105)95-78(63)119/h9-11,13-15,19-23,25-26,29,31-33,44-48,55,58,60-68,70,81-82,89,101-104,108-111,123H,6-8,12,16-18,24,27-28,30,86,88H2,1-5H3,(H2,87,105)(H,90,91)(H,92,118)(H,93,114)(H,94,112)(H,95,119)(H,96,115)(H,97,117)(H,98,120)(H,99,113)(H,100,116)(H,106,107)(H,121,122)/t33-,44+,45-,46-,47+,48+,55+,58-,60-,61-,62-,63-,64+,65-,66-,67+,68-,70+,81-,82-,83+/m1/s1. The third-order valence-electron chi connectivity index (χ3n) is 22.5. The van der Waals surface area contributed by atoms with Crippen LogP contribution in [0, 0.1) is 11.8 Å². The van der Waals surface area contributed by atoms with Crippen LogP contribution in [0.1, 0.15) is 143 Å². The van der Waals surface area contributed by atoms with E-state index in [1.165, 1.54) is 25.6 Å². The summed E-state index contributed by atoms with van der Waals surface area (Å²) in [5.74, 6) is -22.8. The number of hydrogen-bond acceptors (Lipinski definition) is 31. The number of aliphatic hydroxyl groups is 6. The van der Waals surface area contributed by atoms with Crippen molar-refractivity contribution in [3.63, 3.8) is 0 Å². The molecule has 2 saturated heterocycles. The maximum atomic E-state index is 16.4. The van der Waals surface area contributed by atoms with E-state index in [-0.39, 0.29) is 61.4 Å². The van der Waals surface area contributed by atoms with Crippen molar-refractivity contribution in [2.75, 3.05) is 20.2 Å². The minimum absolute atomic E-state index is 0.0182. The number of benzene rings is 5. The second-order valence-electron chi connectivity index (χ2n) is 32.4. The third kappa shape index (κ3) is 23.1. The summed E-state index contributed by atoms with van der Waals surface area (Å²) < 4.78 is 38.4. The second-order valence-corrected chi connectivity index (χ2v) is 33.2. The van der Waals surface area contributed by atoms with Gasteiger partial charge >= 0.3 is 11.9 Å². The molecule has 696 valence electrons. The number of carbonyl (C=O) groups is 12. The zero-order valence-corrected chi connectivity index (χ0v) is 71.3. The molecule has 28 N–H and O–H groups in total. The number of nitrogens with two attached hydrogens (primary N) is 3. The van der Waals surface area contributed by atoms with Gasteiger partial charge in [-0.25, -0.2) is 9.78 Å². The quantitative estimate of drug-likeness (QED) is 0.0255. The summed E-state index contributed by atoms with van der Waals surface area (Å²) in [6.45, 7) is 5.76. The van der Waals surface area contributed by atoms with Crippen molar-refractivity contribution in [1.29, 1.82) is 0 Å². The highest BCUT2D eigenvalue weighted by molar-refractivity contribution is 6.32. The van der Waals surface area contributed by atoms with Gasteiger partial charge in [0.1, 0.15) is 114 Å². The van der Waals surface area contributed by atoms with Crippen molar-refractivity contribution in [3.8, 4) is 57.1 Å². The van der Waals surface area contributed by atoms with Crippen molar-refractivity contribution in [1.82, 2.24) is 63.1 Å². The van der Waals surface area contributed by atoms with E-state index < -0.39 is 315 Å². The Labute approximate surface area is 744 Å². The number of unbranched alkanes of at least 4 members (excludes halogenated alkanes) is 1. The predicted octanol–water partition coefficient (Wildman–Crippen LogP) is -1.27. The Morgan fingerprint density at radius 3 is 1.90 bits per heavy atom. The number of aliphatic hydroxyl groups excluding tert-OH is 6. The number of phenols is 3. The second kappa shape index (κ2) is 42.0. The van der Waals surface area contributed by atoms with Gasteiger partial charge in [-0.1, -0.05) is 62.2 Å². The number of halogens is 2. The SMILES string of the molecule is CN[C@H](CC(C)C)C(=O)N[C@H]1C(=O)N[C@@H](CC(N)=O)C(=O)N[C@H]2C(=O)N[C@H]3C(=O)N[C@H](C(=O)N[C@@H](C(=O)N[C@@H](CCCCN)C(=O)N[C@@H](Cc4c[nH]cn4)C(=O)N[C@H](CCC(=O)O)C(=O)O)c4cc(O)cc(O)c4-c4cc3ccc4O)[C@H](O)c3ccc(c(Cl)c3)Oc3cc2cc(c3O[C@H]2O[C@@H](CO)[C@H](O)[C@@H](O)[C@@H]2O[C@H]2C[C@](C)(N)[C@H](C)[C@H](O)O2)Oc2ccc(cc2Cl)[C@H]1O. The van der Waals surface area contributed by atoms with Crippen LogP contribution in [0.15, 0.2) is 91.4 Å². The lowest BCUT2D eigenvalue weighted by molar-refractivity contribution is -0.348. The van der Waals surface area contributed by atoms with E-state index in [0.29, 0.717) is 0 Å². The molecule has 5 aromatic carbocycles. The van der Waals surface area contributed by atoms with E-state index in [1.54, 1.807) is 27.7 Å². The number of aliphatic carboxylic acids is 2. The average Bonchev–Trinajstić information content (AvgIpc) is 1.32. The largest absolute Gasteiger partial charge is 0.508 e. The van der Waals surface area contributed by atoms with Gasteiger partial charge in [-0.3, -0.25) is 52.7 Å². The van der Waals surface area contributed by atoms with Crippen LogP contribution in [0.4, 0.5) is 0 Å². The molecule has 2 fully saturated rings. The Morgan fingerprint density at radius 2 is 1.30 bits per heavy atom. The van der Waals surface area contributed by atoms with Gasteiger partial charge in [-0.2, -0.15) is 0 Å². The molecule has 0 unspecified atom stereocenters. The van der Waals surface area contributed by atoms with Crippen molar-refractivity contribution in [2.45, 2.75) is 207 Å². The molecule has 0 radical (unpaired) electrons. The Bertz CT molecular complexity index is 5210. The normalized spacial score (nSPS) is 26.2. The topological polar surface area (TPSA) is 710 Å². The van der Waals surface area contributed by atoms with Crippen molar-refractivity contribution in [3.05, 3.63) is 135 Å². The predicted molar refractivity (Wildman–Crippen MR) is 447 cm³/mol. The van der Waals surface area contributed by atoms with E-state index in [1.807, 2.05) is 0 Å². The number of carbonyl (C=O) groups excluding carboxylic acids is 10. The zero-order valence-electron chi connectivity index (χ0n) is 69.8. The molecule has 6 aromatic rings. The summed E-state index contributed by atoms with van der Waals surface area (Å²) >= 11 is 14.3. The maximum Gasteiger partial charge on any atom is 0.326 e. The molecular formula is C83H101Cl2N15O29. The van der Waals surface area contributed by atoms with E-state index in [2.05, 4.69) is 63.1 Å². The van der Waals surface area contributed by atoms with Gasteiger partial charge in [0.05, 0.1) is 41.1 Å². The molecule has 7 aliphatic rings. The highest BCUT2D eigenvalue weighted by Crippen LogP contribution is 2.50. The molecular weight excluding hydrogens is 1740 g/mol. The number of rotatable bonds is 28. The lowest BCUT2D eigenvalue weighted by Crippen LogP contribution is -2.63. The monoisotopic (exact) mass is 1840 g/mol. The number of fused-ring (bicyclic) bond motifs is 15. The molecule has 11 bridgehead atoms. The van der Waals surface area contributed by atoms with Crippen LogP contribution in [0.3, 0.4) is 0 Å². The summed E-state index contributed by atoms with van der Waals surface area (Å²) in [5, 5.41) is 150. The Morgan fingerprint density at radius 1 is 0.674 bits per heavy atom. The van der Waals surface area contributed by atoms with Gasteiger partial charge in [0.25, 0.3) is 0 Å². The van der Waals surface area contributed by atoms with Crippen LogP contribution in [-0.4, -0.2) is 248 Å². The number of aromatic hydroxyl groups is 3. The van der Waals surface area contributed by atoms with Crippen LogP contribution in [0.25, 0.3) is 11.1 Å². The van der Waals surface area contributed by atoms with E-state index >= 15 is 28.8 Å². The summed E-state index contributed by atoms with van der Waals surface area (Å²) in [6, 6.07) is -7.26. The highest BCUT2D eigenvalue weighted by Gasteiger charge is 2.52. The first-order valence-corrected chi connectivity index (χ1v) is 41.6. The number of likely N-dealkylation sites (N-methyl/N-ethyl adjacent to an activating group) is 1. The van der Waals surface area contributed by atoms with Gasteiger partial charge < -0.3 is 160 Å². The Kier molecular flexibility index (Phi) is 31.7. The molecule has 10 amide bonds. The van der Waals surface area contributed by atoms with Crippen molar-refractivity contribution < 1.29 is 142 Å². The average molecular weight is 1840 g/mol. The molecule has 13 rings (SSSR count). The lowest BCUT2D eigenvalue weighted by atomic mass is 9.82. The van der Waals surface area contributed by atoms with Crippen LogP contribution in [-0.2, 0) is 78.2 Å². The number of ether oxygens (including phenoxy) is 6. The molecule has 0 saturated carbocycles.